The lowest BCUT2D eigenvalue weighted by atomic mass is 9.84. The van der Waals surface area contributed by atoms with E-state index in [1.54, 1.807) is 0 Å². The average molecular weight is 339 g/mol. The number of hydrogen-bond donors (Lipinski definition) is 1. The first kappa shape index (κ1) is 18.3. The Morgan fingerprint density at radius 2 is 1.76 bits per heavy atom. The van der Waals surface area contributed by atoms with E-state index in [0.717, 1.165) is 17.2 Å². The lowest BCUT2D eigenvalue weighted by molar-refractivity contribution is 0.128. The first-order valence-electron chi connectivity index (χ1n) is 9.81. The number of fused-ring (bicyclic) bond motifs is 1. The Morgan fingerprint density at radius 1 is 1.08 bits per heavy atom. The molecule has 25 heavy (non-hydrogen) atoms. The van der Waals surface area contributed by atoms with E-state index in [0.29, 0.717) is 6.10 Å². The van der Waals surface area contributed by atoms with Gasteiger partial charge in [-0.05, 0) is 80.0 Å². The van der Waals surface area contributed by atoms with Gasteiger partial charge < -0.3 is 10.5 Å². The molecule has 135 valence electrons. The topological polar surface area (TPSA) is 35.2 Å². The summed E-state index contributed by atoms with van der Waals surface area (Å²) < 4.78 is 6.28. The number of benzene rings is 2. The van der Waals surface area contributed by atoms with Crippen LogP contribution in [-0.4, -0.2) is 6.10 Å². The van der Waals surface area contributed by atoms with Crippen LogP contribution in [0, 0.1) is 12.8 Å². The van der Waals surface area contributed by atoms with Gasteiger partial charge in [0, 0.05) is 5.54 Å². The molecule has 1 aliphatic rings. The van der Waals surface area contributed by atoms with Crippen molar-refractivity contribution < 1.29 is 4.74 Å². The minimum Gasteiger partial charge on any atom is -0.490 e. The first-order chi connectivity index (χ1) is 12.0. The van der Waals surface area contributed by atoms with Crippen LogP contribution in [0.4, 0.5) is 0 Å². The maximum atomic E-state index is 6.28. The van der Waals surface area contributed by atoms with Crippen molar-refractivity contribution in [2.75, 3.05) is 0 Å². The van der Waals surface area contributed by atoms with Crippen molar-refractivity contribution in [3.05, 3.63) is 48.9 Å². The molecule has 3 rings (SSSR count). The predicted octanol–water partition coefficient (Wildman–Crippen LogP) is 5.98. The molecule has 0 saturated heterocycles. The summed E-state index contributed by atoms with van der Waals surface area (Å²) in [7, 11) is 0. The highest BCUT2D eigenvalue weighted by Gasteiger charge is 2.22. The molecule has 0 unspecified atom stereocenters. The van der Waals surface area contributed by atoms with Crippen LogP contribution in [0.15, 0.2) is 36.4 Å². The summed E-state index contributed by atoms with van der Waals surface area (Å²) in [5.74, 6) is 1.91. The molecule has 1 saturated carbocycles. The molecule has 2 aromatic carbocycles. The Labute approximate surface area is 152 Å². The van der Waals surface area contributed by atoms with Crippen molar-refractivity contribution in [3.63, 3.8) is 0 Å². The fourth-order valence-corrected chi connectivity index (χ4v) is 3.88. The zero-order valence-corrected chi connectivity index (χ0v) is 15.8. The van der Waals surface area contributed by atoms with E-state index in [1.807, 2.05) is 6.92 Å². The molecule has 2 N–H and O–H groups in total. The van der Waals surface area contributed by atoms with Crippen molar-refractivity contribution in [2.45, 2.75) is 70.4 Å². The third-order valence-corrected chi connectivity index (χ3v) is 5.53. The minimum atomic E-state index is -0.556. The summed E-state index contributed by atoms with van der Waals surface area (Å²) in [4.78, 5) is 0. The van der Waals surface area contributed by atoms with E-state index >= 15 is 0 Å². The Balaban J connectivity index is 1.63. The van der Waals surface area contributed by atoms with Crippen molar-refractivity contribution in [2.24, 2.45) is 11.7 Å². The SMILES string of the molecule is [CH2][C@](C)(N)c1ccc2cc(O[C@H]3CC[C@@H](CCCC)CC3)ccc2c1. The van der Waals surface area contributed by atoms with Gasteiger partial charge in [-0.15, -0.1) is 0 Å². The smallest absolute Gasteiger partial charge is 0.120 e. The maximum absolute atomic E-state index is 6.28. The van der Waals surface area contributed by atoms with Crippen molar-refractivity contribution >= 4 is 10.8 Å². The molecule has 0 aliphatic heterocycles. The number of nitrogens with two attached hydrogens (primary N) is 1. The molecule has 1 radical (unpaired) electrons. The monoisotopic (exact) mass is 338 g/mol. The van der Waals surface area contributed by atoms with Gasteiger partial charge >= 0.3 is 0 Å². The van der Waals surface area contributed by atoms with Gasteiger partial charge in [-0.3, -0.25) is 0 Å². The fourth-order valence-electron chi connectivity index (χ4n) is 3.88. The molecule has 0 heterocycles. The third-order valence-electron chi connectivity index (χ3n) is 5.53. The van der Waals surface area contributed by atoms with Gasteiger partial charge in [0.2, 0.25) is 0 Å². The van der Waals surface area contributed by atoms with Crippen LogP contribution < -0.4 is 10.5 Å². The highest BCUT2D eigenvalue weighted by molar-refractivity contribution is 5.84. The molecule has 0 amide bonds. The highest BCUT2D eigenvalue weighted by atomic mass is 16.5. The van der Waals surface area contributed by atoms with Crippen LogP contribution in [0.25, 0.3) is 10.8 Å². The zero-order chi connectivity index (χ0) is 17.9. The highest BCUT2D eigenvalue weighted by Crippen LogP contribution is 2.32. The van der Waals surface area contributed by atoms with Gasteiger partial charge in [-0.1, -0.05) is 44.4 Å². The number of rotatable bonds is 6. The van der Waals surface area contributed by atoms with Gasteiger partial charge in [0.15, 0.2) is 0 Å². The molecule has 2 nitrogen and oxygen atoms in total. The van der Waals surface area contributed by atoms with Crippen LogP contribution >= 0.6 is 0 Å². The summed E-state index contributed by atoms with van der Waals surface area (Å²) in [5.41, 5.74) is 6.61. The molecule has 0 spiro atoms. The van der Waals surface area contributed by atoms with E-state index in [2.05, 4.69) is 50.2 Å². The summed E-state index contributed by atoms with van der Waals surface area (Å²) in [5, 5.41) is 2.38. The molecule has 2 aromatic rings. The normalized spacial score (nSPS) is 21.4. The second-order valence-corrected chi connectivity index (χ2v) is 8.04. The molecular weight excluding hydrogens is 306 g/mol. The summed E-state index contributed by atoms with van der Waals surface area (Å²) in [6.07, 6.45) is 9.48. The number of hydrogen-bond acceptors (Lipinski definition) is 2. The van der Waals surface area contributed by atoms with E-state index in [-0.39, 0.29) is 0 Å². The largest absolute Gasteiger partial charge is 0.490 e. The Kier molecular flexibility index (Phi) is 5.68. The quantitative estimate of drug-likeness (QED) is 0.703. The molecule has 1 atom stereocenters. The zero-order valence-electron chi connectivity index (χ0n) is 15.8. The predicted molar refractivity (Wildman–Crippen MR) is 107 cm³/mol. The van der Waals surface area contributed by atoms with E-state index in [4.69, 9.17) is 10.5 Å². The van der Waals surface area contributed by atoms with Gasteiger partial charge in [0.1, 0.15) is 5.75 Å². The van der Waals surface area contributed by atoms with Crippen molar-refractivity contribution in [3.8, 4) is 5.75 Å². The average Bonchev–Trinajstić information content (AvgIpc) is 2.60. The minimum absolute atomic E-state index is 0.377. The number of ether oxygens (including phenoxy) is 1. The fraction of sp³-hybridized carbons (Fsp3) is 0.522. The Morgan fingerprint density at radius 3 is 2.44 bits per heavy atom. The Hall–Kier alpha value is -1.54. The van der Waals surface area contributed by atoms with Gasteiger partial charge in [-0.25, -0.2) is 0 Å². The Bertz CT molecular complexity index is 693. The standard InChI is InChI=1S/C23H32NO/c1-4-5-6-17-7-12-21(13-8-17)25-22-14-10-18-15-20(23(2,3)24)11-9-19(18)16-22/h9-11,14-17,21H,2,4-8,12-13,24H2,1,3H3/t17-,21+,23-/m1/s1. The third kappa shape index (κ3) is 4.76. The second-order valence-electron chi connectivity index (χ2n) is 8.04. The number of unbranched alkanes of at least 4 members (excludes halogenated alkanes) is 1. The van der Waals surface area contributed by atoms with Crippen LogP contribution in [-0.2, 0) is 5.54 Å². The van der Waals surface area contributed by atoms with E-state index in [9.17, 15) is 0 Å². The van der Waals surface area contributed by atoms with Crippen molar-refractivity contribution in [1.82, 2.24) is 0 Å². The van der Waals surface area contributed by atoms with Gasteiger partial charge in [-0.2, -0.15) is 0 Å². The summed E-state index contributed by atoms with van der Waals surface area (Å²) >= 11 is 0. The second kappa shape index (κ2) is 7.78. The molecular formula is C23H32NO. The van der Waals surface area contributed by atoms with E-state index < -0.39 is 5.54 Å². The van der Waals surface area contributed by atoms with Gasteiger partial charge in [0.05, 0.1) is 6.10 Å². The van der Waals surface area contributed by atoms with Crippen LogP contribution in [0.2, 0.25) is 0 Å². The maximum Gasteiger partial charge on any atom is 0.120 e. The molecule has 1 fully saturated rings. The first-order valence-corrected chi connectivity index (χ1v) is 9.81. The molecule has 2 heteroatoms. The summed E-state index contributed by atoms with van der Waals surface area (Å²) in [6, 6.07) is 12.7. The van der Waals surface area contributed by atoms with Crippen LogP contribution in [0.3, 0.4) is 0 Å². The van der Waals surface area contributed by atoms with E-state index in [1.165, 1.54) is 55.7 Å². The molecule has 0 aromatic heterocycles. The molecule has 1 aliphatic carbocycles. The van der Waals surface area contributed by atoms with Crippen molar-refractivity contribution in [1.29, 1.82) is 0 Å². The van der Waals surface area contributed by atoms with Crippen LogP contribution in [0.5, 0.6) is 5.75 Å². The lowest BCUT2D eigenvalue weighted by Gasteiger charge is -2.29. The summed E-state index contributed by atoms with van der Waals surface area (Å²) in [6.45, 7) is 8.23. The van der Waals surface area contributed by atoms with Crippen LogP contribution in [0.1, 0.15) is 64.4 Å². The lowest BCUT2D eigenvalue weighted by Crippen LogP contribution is -2.28. The molecule has 0 bridgehead atoms. The van der Waals surface area contributed by atoms with Gasteiger partial charge in [0.25, 0.3) is 0 Å².